The van der Waals surface area contributed by atoms with Crippen LogP contribution in [0.4, 0.5) is 0 Å². The van der Waals surface area contributed by atoms with Gasteiger partial charge in [0.05, 0.1) is 11.2 Å². The molecule has 0 aliphatic carbocycles. The summed E-state index contributed by atoms with van der Waals surface area (Å²) >= 11 is 3.53. The maximum Gasteiger partial charge on any atom is 0.0798 e. The number of rotatable bonds is 6. The minimum atomic E-state index is 0.414. The second-order valence-electron chi connectivity index (χ2n) is 4.14. The van der Waals surface area contributed by atoms with Crippen molar-refractivity contribution < 1.29 is 0 Å². The van der Waals surface area contributed by atoms with Crippen LogP contribution in [0.5, 0.6) is 0 Å². The minimum absolute atomic E-state index is 0.414. The number of hydrogen-bond donors (Lipinski definition) is 1. The van der Waals surface area contributed by atoms with E-state index in [0.717, 1.165) is 19.4 Å². The van der Waals surface area contributed by atoms with Crippen molar-refractivity contribution in [1.82, 2.24) is 10.3 Å². The summed E-state index contributed by atoms with van der Waals surface area (Å²) in [6.45, 7) is 5.36. The van der Waals surface area contributed by atoms with E-state index >= 15 is 0 Å². The number of hydrogen-bond acceptors (Lipinski definition) is 4. The number of nitrogens with zero attached hydrogens (tertiary/aromatic N) is 1. The highest BCUT2D eigenvalue weighted by Crippen LogP contribution is 2.25. The average molecular weight is 266 g/mol. The fourth-order valence-corrected chi connectivity index (χ4v) is 3.43. The first-order valence-corrected chi connectivity index (χ1v) is 7.78. The van der Waals surface area contributed by atoms with Crippen LogP contribution in [0.3, 0.4) is 0 Å². The van der Waals surface area contributed by atoms with Crippen molar-refractivity contribution in [2.75, 3.05) is 6.54 Å². The van der Waals surface area contributed by atoms with Crippen LogP contribution in [0.25, 0.3) is 0 Å². The zero-order valence-corrected chi connectivity index (χ0v) is 11.9. The zero-order chi connectivity index (χ0) is 12.1. The fourth-order valence-electron chi connectivity index (χ4n) is 1.87. The predicted octanol–water partition coefficient (Wildman–Crippen LogP) is 3.80. The summed E-state index contributed by atoms with van der Waals surface area (Å²) in [5.74, 6) is 0. The normalized spacial score (nSPS) is 12.8. The third-order valence-electron chi connectivity index (χ3n) is 2.76. The molecule has 0 bridgehead atoms. The highest BCUT2D eigenvalue weighted by molar-refractivity contribution is 7.09. The van der Waals surface area contributed by atoms with E-state index in [0.29, 0.717) is 6.04 Å². The SMILES string of the molecule is CCCNC(Cc1ccsc1)c1scnc1C. The summed E-state index contributed by atoms with van der Waals surface area (Å²) in [5.41, 5.74) is 4.52. The van der Waals surface area contributed by atoms with Crippen molar-refractivity contribution in [2.45, 2.75) is 32.7 Å². The van der Waals surface area contributed by atoms with Gasteiger partial charge in [-0.25, -0.2) is 4.98 Å². The second-order valence-corrected chi connectivity index (χ2v) is 5.81. The van der Waals surface area contributed by atoms with E-state index in [1.807, 2.05) is 5.51 Å². The quantitative estimate of drug-likeness (QED) is 0.860. The zero-order valence-electron chi connectivity index (χ0n) is 10.3. The van der Waals surface area contributed by atoms with E-state index in [1.54, 1.807) is 22.7 Å². The Morgan fingerprint density at radius 2 is 2.35 bits per heavy atom. The van der Waals surface area contributed by atoms with Crippen LogP contribution >= 0.6 is 22.7 Å². The van der Waals surface area contributed by atoms with Gasteiger partial charge in [-0.1, -0.05) is 6.92 Å². The summed E-state index contributed by atoms with van der Waals surface area (Å²) in [6, 6.07) is 2.62. The molecule has 2 aromatic heterocycles. The molecule has 0 amide bonds. The summed E-state index contributed by atoms with van der Waals surface area (Å²) in [5, 5.41) is 8.00. The summed E-state index contributed by atoms with van der Waals surface area (Å²) < 4.78 is 0. The topological polar surface area (TPSA) is 24.9 Å². The van der Waals surface area contributed by atoms with E-state index in [9.17, 15) is 0 Å². The molecule has 1 N–H and O–H groups in total. The molecule has 0 saturated carbocycles. The van der Waals surface area contributed by atoms with Crippen molar-refractivity contribution in [3.05, 3.63) is 38.5 Å². The Morgan fingerprint density at radius 3 is 2.94 bits per heavy atom. The summed E-state index contributed by atoms with van der Waals surface area (Å²) in [7, 11) is 0. The second kappa shape index (κ2) is 6.28. The fraction of sp³-hybridized carbons (Fsp3) is 0.462. The van der Waals surface area contributed by atoms with Gasteiger partial charge in [-0.3, -0.25) is 0 Å². The molecule has 2 rings (SSSR count). The van der Waals surface area contributed by atoms with Gasteiger partial charge in [-0.05, 0) is 48.7 Å². The molecule has 1 atom stereocenters. The summed E-state index contributed by atoms with van der Waals surface area (Å²) in [6.07, 6.45) is 2.23. The largest absolute Gasteiger partial charge is 0.309 e. The molecular weight excluding hydrogens is 248 g/mol. The minimum Gasteiger partial charge on any atom is -0.309 e. The van der Waals surface area contributed by atoms with E-state index in [-0.39, 0.29) is 0 Å². The molecule has 0 spiro atoms. The Kier molecular flexibility index (Phi) is 4.71. The molecular formula is C13H18N2S2. The van der Waals surface area contributed by atoms with Crippen LogP contribution < -0.4 is 5.32 Å². The number of nitrogens with one attached hydrogen (secondary N) is 1. The van der Waals surface area contributed by atoms with Crippen molar-refractivity contribution in [1.29, 1.82) is 0 Å². The van der Waals surface area contributed by atoms with Crippen LogP contribution in [-0.4, -0.2) is 11.5 Å². The van der Waals surface area contributed by atoms with E-state index in [4.69, 9.17) is 0 Å². The molecule has 0 fully saturated rings. The van der Waals surface area contributed by atoms with E-state index < -0.39 is 0 Å². The Labute approximate surface area is 111 Å². The Bertz CT molecular complexity index is 434. The van der Waals surface area contributed by atoms with Crippen molar-refractivity contribution >= 4 is 22.7 Å². The molecule has 1 unspecified atom stereocenters. The van der Waals surface area contributed by atoms with Crippen molar-refractivity contribution in [3.8, 4) is 0 Å². The Morgan fingerprint density at radius 1 is 1.47 bits per heavy atom. The van der Waals surface area contributed by atoms with Crippen molar-refractivity contribution in [2.24, 2.45) is 0 Å². The third kappa shape index (κ3) is 3.37. The van der Waals surface area contributed by atoms with Crippen LogP contribution in [0.2, 0.25) is 0 Å². The van der Waals surface area contributed by atoms with E-state index in [1.165, 1.54) is 16.1 Å². The van der Waals surface area contributed by atoms with Crippen LogP contribution in [0.15, 0.2) is 22.3 Å². The maximum atomic E-state index is 4.36. The standard InChI is InChI=1S/C13H18N2S2/c1-3-5-14-12(7-11-4-6-16-8-11)13-10(2)15-9-17-13/h4,6,8-9,12,14H,3,5,7H2,1-2H3. The van der Waals surface area contributed by atoms with Gasteiger partial charge in [0.2, 0.25) is 0 Å². The number of thiophene rings is 1. The highest BCUT2D eigenvalue weighted by atomic mass is 32.1. The number of thiazole rings is 1. The average Bonchev–Trinajstić information content (AvgIpc) is 2.95. The molecule has 0 aliphatic rings. The first kappa shape index (κ1) is 12.7. The van der Waals surface area contributed by atoms with Gasteiger partial charge in [-0.15, -0.1) is 11.3 Å². The first-order valence-electron chi connectivity index (χ1n) is 5.95. The number of aryl methyl sites for hydroxylation is 1. The first-order chi connectivity index (χ1) is 8.31. The number of aromatic nitrogens is 1. The van der Waals surface area contributed by atoms with Gasteiger partial charge in [0.1, 0.15) is 0 Å². The maximum absolute atomic E-state index is 4.36. The van der Waals surface area contributed by atoms with Crippen molar-refractivity contribution in [3.63, 3.8) is 0 Å². The molecule has 0 radical (unpaired) electrons. The lowest BCUT2D eigenvalue weighted by Crippen LogP contribution is -2.23. The van der Waals surface area contributed by atoms with Crippen LogP contribution in [-0.2, 0) is 6.42 Å². The molecule has 2 heterocycles. The molecule has 0 aliphatic heterocycles. The molecule has 17 heavy (non-hydrogen) atoms. The monoisotopic (exact) mass is 266 g/mol. The molecule has 0 saturated heterocycles. The predicted molar refractivity (Wildman–Crippen MR) is 75.9 cm³/mol. The Balaban J connectivity index is 2.11. The van der Waals surface area contributed by atoms with Crippen LogP contribution in [0, 0.1) is 6.92 Å². The lowest BCUT2D eigenvalue weighted by Gasteiger charge is -2.17. The molecule has 4 heteroatoms. The lowest BCUT2D eigenvalue weighted by atomic mass is 10.1. The molecule has 2 aromatic rings. The summed E-state index contributed by atoms with van der Waals surface area (Å²) in [4.78, 5) is 5.74. The molecule has 92 valence electrons. The smallest absolute Gasteiger partial charge is 0.0798 e. The Hall–Kier alpha value is -0.710. The van der Waals surface area contributed by atoms with Gasteiger partial charge < -0.3 is 5.32 Å². The van der Waals surface area contributed by atoms with Gasteiger partial charge in [0, 0.05) is 10.9 Å². The van der Waals surface area contributed by atoms with E-state index in [2.05, 4.69) is 41.0 Å². The van der Waals surface area contributed by atoms with Gasteiger partial charge in [0.15, 0.2) is 0 Å². The van der Waals surface area contributed by atoms with Gasteiger partial charge in [0.25, 0.3) is 0 Å². The lowest BCUT2D eigenvalue weighted by molar-refractivity contribution is 0.534. The van der Waals surface area contributed by atoms with Gasteiger partial charge >= 0.3 is 0 Å². The highest BCUT2D eigenvalue weighted by Gasteiger charge is 2.16. The molecule has 2 nitrogen and oxygen atoms in total. The third-order valence-corrected chi connectivity index (χ3v) is 4.54. The molecule has 0 aromatic carbocycles. The van der Waals surface area contributed by atoms with Crippen LogP contribution in [0.1, 0.15) is 35.5 Å². The van der Waals surface area contributed by atoms with Gasteiger partial charge in [-0.2, -0.15) is 11.3 Å².